The normalized spacial score (nSPS) is 23.5. The smallest absolute Gasteiger partial charge is 0.232 e. The number of nitrogens with zero attached hydrogens (tertiary/aromatic N) is 2. The summed E-state index contributed by atoms with van der Waals surface area (Å²) >= 11 is 3.44. The lowest BCUT2D eigenvalue weighted by atomic mass is 9.97. The average molecular weight is 337 g/mol. The van der Waals surface area contributed by atoms with Crippen LogP contribution in [0.1, 0.15) is 43.9 Å². The van der Waals surface area contributed by atoms with Crippen molar-refractivity contribution in [1.82, 2.24) is 10.1 Å². The van der Waals surface area contributed by atoms with Crippen LogP contribution in [0.15, 0.2) is 33.3 Å². The molecule has 0 aliphatic heterocycles. The Morgan fingerprint density at radius 2 is 2.05 bits per heavy atom. The highest BCUT2D eigenvalue weighted by Gasteiger charge is 2.28. The molecule has 5 heteroatoms. The maximum Gasteiger partial charge on any atom is 0.232 e. The van der Waals surface area contributed by atoms with E-state index in [1.165, 1.54) is 6.42 Å². The summed E-state index contributed by atoms with van der Waals surface area (Å²) in [6.45, 7) is 0. The zero-order chi connectivity index (χ0) is 13.9. The molecule has 0 saturated heterocycles. The Morgan fingerprint density at radius 1 is 1.20 bits per heavy atom. The van der Waals surface area contributed by atoms with E-state index in [4.69, 9.17) is 4.52 Å². The van der Waals surface area contributed by atoms with Crippen LogP contribution >= 0.6 is 15.9 Å². The summed E-state index contributed by atoms with van der Waals surface area (Å²) in [5, 5.41) is 14.2. The Hall–Kier alpha value is -1.20. The molecule has 106 valence electrons. The average Bonchev–Trinajstić information content (AvgIpc) is 2.82. The maximum atomic E-state index is 10.2. The molecule has 1 heterocycles. The molecule has 1 aliphatic rings. The fourth-order valence-corrected chi connectivity index (χ4v) is 3.11. The third kappa shape index (κ3) is 2.94. The number of rotatable bonds is 2. The molecule has 1 fully saturated rings. The van der Waals surface area contributed by atoms with Gasteiger partial charge in [0, 0.05) is 10.0 Å². The molecule has 0 radical (unpaired) electrons. The molecule has 2 atom stereocenters. The van der Waals surface area contributed by atoms with Crippen LogP contribution < -0.4 is 0 Å². The molecule has 1 aromatic heterocycles. The number of benzene rings is 1. The molecule has 0 spiro atoms. The van der Waals surface area contributed by atoms with Crippen LogP contribution in [-0.4, -0.2) is 21.4 Å². The monoisotopic (exact) mass is 336 g/mol. The summed E-state index contributed by atoms with van der Waals surface area (Å²) in [5.41, 5.74) is 0.914. The molecule has 1 saturated carbocycles. The molecule has 20 heavy (non-hydrogen) atoms. The first-order valence-corrected chi connectivity index (χ1v) is 7.81. The van der Waals surface area contributed by atoms with E-state index in [-0.39, 0.29) is 12.0 Å². The van der Waals surface area contributed by atoms with Crippen LogP contribution in [0.2, 0.25) is 0 Å². The van der Waals surface area contributed by atoms with Gasteiger partial charge in [0.15, 0.2) is 0 Å². The lowest BCUT2D eigenvalue weighted by Gasteiger charge is -2.15. The first kappa shape index (κ1) is 13.8. The minimum Gasteiger partial charge on any atom is -0.392 e. The van der Waals surface area contributed by atoms with Gasteiger partial charge in [-0.25, -0.2) is 0 Å². The molecule has 0 bridgehead atoms. The number of aromatic nitrogens is 2. The van der Waals surface area contributed by atoms with E-state index in [0.29, 0.717) is 11.7 Å². The third-order valence-electron chi connectivity index (χ3n) is 3.82. The predicted molar refractivity (Wildman–Crippen MR) is 79.3 cm³/mol. The Balaban J connectivity index is 1.86. The lowest BCUT2D eigenvalue weighted by Crippen LogP contribution is -2.17. The van der Waals surface area contributed by atoms with Crippen molar-refractivity contribution in [2.24, 2.45) is 0 Å². The van der Waals surface area contributed by atoms with E-state index >= 15 is 0 Å². The van der Waals surface area contributed by atoms with Crippen molar-refractivity contribution in [3.8, 4) is 11.4 Å². The van der Waals surface area contributed by atoms with Crippen molar-refractivity contribution in [2.75, 3.05) is 0 Å². The van der Waals surface area contributed by atoms with Gasteiger partial charge in [-0.1, -0.05) is 52.5 Å². The highest BCUT2D eigenvalue weighted by atomic mass is 79.9. The van der Waals surface area contributed by atoms with Crippen LogP contribution in [0.4, 0.5) is 0 Å². The van der Waals surface area contributed by atoms with Gasteiger partial charge in [-0.05, 0) is 25.0 Å². The zero-order valence-corrected chi connectivity index (χ0v) is 12.7. The second-order valence-electron chi connectivity index (χ2n) is 5.28. The molecule has 2 unspecified atom stereocenters. The Bertz CT molecular complexity index is 585. The molecule has 0 amide bonds. The second-order valence-corrected chi connectivity index (χ2v) is 6.19. The zero-order valence-electron chi connectivity index (χ0n) is 11.1. The van der Waals surface area contributed by atoms with Crippen molar-refractivity contribution in [3.63, 3.8) is 0 Å². The van der Waals surface area contributed by atoms with E-state index in [9.17, 15) is 5.11 Å². The van der Waals surface area contributed by atoms with Crippen molar-refractivity contribution in [1.29, 1.82) is 0 Å². The maximum absolute atomic E-state index is 10.2. The van der Waals surface area contributed by atoms with Gasteiger partial charge in [0.2, 0.25) is 11.7 Å². The predicted octanol–water partition coefficient (Wildman–Crippen LogP) is 3.91. The minimum absolute atomic E-state index is 0.0223. The van der Waals surface area contributed by atoms with E-state index in [2.05, 4.69) is 26.1 Å². The summed E-state index contributed by atoms with van der Waals surface area (Å²) in [5.74, 6) is 1.12. The number of hydrogen-bond acceptors (Lipinski definition) is 4. The van der Waals surface area contributed by atoms with Crippen molar-refractivity contribution >= 4 is 15.9 Å². The molecule has 1 aliphatic carbocycles. The summed E-state index contributed by atoms with van der Waals surface area (Å²) in [7, 11) is 0. The van der Waals surface area contributed by atoms with Gasteiger partial charge in [0.05, 0.1) is 12.0 Å². The number of hydrogen-bond donors (Lipinski definition) is 1. The number of aliphatic hydroxyl groups excluding tert-OH is 1. The standard InChI is InChI=1S/C15H17BrN2O2/c16-11-6-4-5-10(9-11)14-17-15(20-18-14)12-7-2-1-3-8-13(12)19/h4-6,9,12-13,19H,1-3,7-8H2. The summed E-state index contributed by atoms with van der Waals surface area (Å²) in [6, 6.07) is 7.80. The molecular weight excluding hydrogens is 320 g/mol. The Kier molecular flexibility index (Phi) is 4.17. The van der Waals surface area contributed by atoms with Crippen molar-refractivity contribution in [2.45, 2.75) is 44.1 Å². The second kappa shape index (κ2) is 6.06. The van der Waals surface area contributed by atoms with Gasteiger partial charge in [0.25, 0.3) is 0 Å². The Morgan fingerprint density at radius 3 is 2.90 bits per heavy atom. The van der Waals surface area contributed by atoms with E-state index < -0.39 is 0 Å². The molecular formula is C15H17BrN2O2. The van der Waals surface area contributed by atoms with Crippen molar-refractivity contribution in [3.05, 3.63) is 34.6 Å². The quantitative estimate of drug-likeness (QED) is 0.844. The van der Waals surface area contributed by atoms with Crippen molar-refractivity contribution < 1.29 is 9.63 Å². The van der Waals surface area contributed by atoms with Crippen LogP contribution in [0.3, 0.4) is 0 Å². The van der Waals surface area contributed by atoms with Gasteiger partial charge in [-0.3, -0.25) is 0 Å². The highest BCUT2D eigenvalue weighted by molar-refractivity contribution is 9.10. The van der Waals surface area contributed by atoms with Gasteiger partial charge in [-0.2, -0.15) is 4.98 Å². The van der Waals surface area contributed by atoms with Crippen LogP contribution in [-0.2, 0) is 0 Å². The Labute approximate surface area is 126 Å². The SMILES string of the molecule is OC1CCCCCC1c1nc(-c2cccc(Br)c2)no1. The van der Waals surface area contributed by atoms with Crippen LogP contribution in [0, 0.1) is 0 Å². The first-order chi connectivity index (χ1) is 9.74. The third-order valence-corrected chi connectivity index (χ3v) is 4.31. The largest absolute Gasteiger partial charge is 0.392 e. The molecule has 3 rings (SSSR count). The number of halogens is 1. The summed E-state index contributed by atoms with van der Waals surface area (Å²) in [4.78, 5) is 4.48. The first-order valence-electron chi connectivity index (χ1n) is 7.01. The lowest BCUT2D eigenvalue weighted by molar-refractivity contribution is 0.119. The van der Waals surface area contributed by atoms with Gasteiger partial charge in [-0.15, -0.1) is 0 Å². The highest BCUT2D eigenvalue weighted by Crippen LogP contribution is 2.32. The minimum atomic E-state index is -0.367. The summed E-state index contributed by atoms with van der Waals surface area (Å²) < 4.78 is 6.37. The molecule has 2 aromatic rings. The van der Waals surface area contributed by atoms with Crippen LogP contribution in [0.25, 0.3) is 11.4 Å². The topological polar surface area (TPSA) is 59.2 Å². The fourth-order valence-electron chi connectivity index (χ4n) is 2.71. The van der Waals surface area contributed by atoms with E-state index in [1.807, 2.05) is 24.3 Å². The van der Waals surface area contributed by atoms with E-state index in [0.717, 1.165) is 35.7 Å². The molecule has 1 N–H and O–H groups in total. The van der Waals surface area contributed by atoms with Crippen LogP contribution in [0.5, 0.6) is 0 Å². The van der Waals surface area contributed by atoms with E-state index in [1.54, 1.807) is 0 Å². The number of aliphatic hydroxyl groups is 1. The summed E-state index contributed by atoms with van der Waals surface area (Å²) in [6.07, 6.45) is 4.72. The van der Waals surface area contributed by atoms with Gasteiger partial charge >= 0.3 is 0 Å². The fraction of sp³-hybridized carbons (Fsp3) is 0.467. The van der Waals surface area contributed by atoms with Gasteiger partial charge < -0.3 is 9.63 Å². The molecule has 4 nitrogen and oxygen atoms in total. The van der Waals surface area contributed by atoms with Gasteiger partial charge in [0.1, 0.15) is 0 Å². The molecule has 1 aromatic carbocycles.